The molecule has 0 saturated carbocycles. The van der Waals surface area contributed by atoms with Gasteiger partial charge in [0.25, 0.3) is 0 Å². The van der Waals surface area contributed by atoms with Gasteiger partial charge in [-0.1, -0.05) is 78.4 Å². The van der Waals surface area contributed by atoms with Gasteiger partial charge in [-0.15, -0.1) is 0 Å². The van der Waals surface area contributed by atoms with E-state index in [-0.39, 0.29) is 18.2 Å². The highest BCUT2D eigenvalue weighted by atomic mass is 16.5. The highest BCUT2D eigenvalue weighted by Gasteiger charge is 2.23. The van der Waals surface area contributed by atoms with Gasteiger partial charge in [0.05, 0.1) is 12.8 Å². The van der Waals surface area contributed by atoms with Crippen LogP contribution in [0.1, 0.15) is 40.4 Å². The van der Waals surface area contributed by atoms with Crippen LogP contribution in [-0.4, -0.2) is 10.5 Å². The minimum Gasteiger partial charge on any atom is -0.467 e. The number of hydrogen-bond acceptors (Lipinski definition) is 3. The molecule has 1 unspecified atom stereocenters. The van der Waals surface area contributed by atoms with E-state index in [1.165, 1.54) is 11.1 Å². The lowest BCUT2D eigenvalue weighted by Gasteiger charge is -2.18. The number of nitrogens with one attached hydrogen (secondary N) is 1. The van der Waals surface area contributed by atoms with Crippen LogP contribution in [0.15, 0.2) is 132 Å². The van der Waals surface area contributed by atoms with Gasteiger partial charge in [-0.2, -0.15) is 0 Å². The summed E-state index contributed by atoms with van der Waals surface area (Å²) in [5.74, 6) is 2.00. The second-order valence-electron chi connectivity index (χ2n) is 10.3. The number of aromatic nitrogens is 1. The largest absolute Gasteiger partial charge is 0.467 e. The SMILES string of the molecule is Cc1ccc(Cn2cc(C(CC(=O)NCc3ccco3)c3cccc(Oc4ccccc4)c3)c3ccccc32)cc1. The van der Waals surface area contributed by atoms with Gasteiger partial charge in [-0.3, -0.25) is 4.79 Å². The van der Waals surface area contributed by atoms with E-state index in [0.717, 1.165) is 45.8 Å². The fraction of sp³-hybridized carbons (Fsp3) is 0.139. The van der Waals surface area contributed by atoms with Crippen LogP contribution in [-0.2, 0) is 17.9 Å². The molecule has 0 radical (unpaired) electrons. The zero-order chi connectivity index (χ0) is 28.0. The molecule has 0 aliphatic carbocycles. The standard InChI is InChI=1S/C36H32N2O3/c1-26-16-18-27(19-17-26)24-38-25-34(32-14-5-6-15-35(32)38)33(22-36(39)37-23-31-13-8-20-40-31)28-9-7-12-30(21-28)41-29-10-3-2-4-11-29/h2-21,25,33H,22-24H2,1H3,(H,37,39). The summed E-state index contributed by atoms with van der Waals surface area (Å²) in [7, 11) is 0. The molecule has 4 aromatic carbocycles. The summed E-state index contributed by atoms with van der Waals surface area (Å²) in [5, 5.41) is 4.18. The van der Waals surface area contributed by atoms with Crippen LogP contribution in [0, 0.1) is 6.92 Å². The second kappa shape index (κ2) is 12.0. The Labute approximate surface area is 240 Å². The van der Waals surface area contributed by atoms with Crippen molar-refractivity contribution in [1.29, 1.82) is 0 Å². The first-order valence-electron chi connectivity index (χ1n) is 13.9. The van der Waals surface area contributed by atoms with Crippen molar-refractivity contribution in [3.8, 4) is 11.5 Å². The lowest BCUT2D eigenvalue weighted by Crippen LogP contribution is -2.24. The molecular formula is C36H32N2O3. The molecule has 0 aliphatic heterocycles. The Balaban J connectivity index is 1.37. The van der Waals surface area contributed by atoms with E-state index in [4.69, 9.17) is 9.15 Å². The number of amides is 1. The molecule has 204 valence electrons. The minimum absolute atomic E-state index is 0.0452. The smallest absolute Gasteiger partial charge is 0.221 e. The van der Waals surface area contributed by atoms with Crippen molar-refractivity contribution in [3.63, 3.8) is 0 Å². The molecule has 41 heavy (non-hydrogen) atoms. The molecule has 1 atom stereocenters. The van der Waals surface area contributed by atoms with Crippen molar-refractivity contribution in [2.24, 2.45) is 0 Å². The highest BCUT2D eigenvalue weighted by Crippen LogP contribution is 2.37. The molecule has 1 N–H and O–H groups in total. The first kappa shape index (κ1) is 26.2. The Bertz CT molecular complexity index is 1740. The molecule has 2 heterocycles. The fourth-order valence-corrected chi connectivity index (χ4v) is 5.26. The summed E-state index contributed by atoms with van der Waals surface area (Å²) < 4.78 is 13.9. The molecule has 0 aliphatic rings. The number of benzene rings is 4. The number of carbonyl (C=O) groups is 1. The Morgan fingerprint density at radius 2 is 1.63 bits per heavy atom. The van der Waals surface area contributed by atoms with E-state index in [1.54, 1.807) is 6.26 Å². The maximum absolute atomic E-state index is 13.3. The molecular weight excluding hydrogens is 508 g/mol. The number of ether oxygens (including phenoxy) is 1. The van der Waals surface area contributed by atoms with Crippen molar-refractivity contribution in [3.05, 3.63) is 156 Å². The first-order valence-corrected chi connectivity index (χ1v) is 13.9. The zero-order valence-electron chi connectivity index (χ0n) is 23.0. The number of nitrogens with zero attached hydrogens (tertiary/aromatic N) is 1. The molecule has 6 rings (SSSR count). The van der Waals surface area contributed by atoms with Gasteiger partial charge in [0.1, 0.15) is 17.3 Å². The number of rotatable bonds is 10. The van der Waals surface area contributed by atoms with Crippen LogP contribution in [0.4, 0.5) is 0 Å². The quantitative estimate of drug-likeness (QED) is 0.190. The van der Waals surface area contributed by atoms with Crippen LogP contribution < -0.4 is 10.1 Å². The Morgan fingerprint density at radius 3 is 2.44 bits per heavy atom. The second-order valence-corrected chi connectivity index (χ2v) is 10.3. The number of para-hydroxylation sites is 2. The molecule has 0 fully saturated rings. The molecule has 1 amide bonds. The van der Waals surface area contributed by atoms with E-state index in [0.29, 0.717) is 6.54 Å². The molecule has 5 nitrogen and oxygen atoms in total. The molecule has 0 bridgehead atoms. The predicted octanol–water partition coefficient (Wildman–Crippen LogP) is 8.22. The van der Waals surface area contributed by atoms with E-state index in [9.17, 15) is 4.79 Å². The van der Waals surface area contributed by atoms with Gasteiger partial charge < -0.3 is 19.0 Å². The number of furan rings is 1. The maximum Gasteiger partial charge on any atom is 0.221 e. The summed E-state index contributed by atoms with van der Waals surface area (Å²) in [5.41, 5.74) is 5.74. The van der Waals surface area contributed by atoms with Crippen LogP contribution in [0.2, 0.25) is 0 Å². The van der Waals surface area contributed by atoms with Crippen LogP contribution in [0.25, 0.3) is 10.9 Å². The molecule has 2 aromatic heterocycles. The van der Waals surface area contributed by atoms with Crippen molar-refractivity contribution >= 4 is 16.8 Å². The van der Waals surface area contributed by atoms with Crippen LogP contribution in [0.5, 0.6) is 11.5 Å². The molecule has 0 saturated heterocycles. The van der Waals surface area contributed by atoms with Gasteiger partial charge in [-0.25, -0.2) is 0 Å². The predicted molar refractivity (Wildman–Crippen MR) is 162 cm³/mol. The Morgan fingerprint density at radius 1 is 0.854 bits per heavy atom. The van der Waals surface area contributed by atoms with Gasteiger partial charge in [-0.05, 0) is 66.1 Å². The normalized spacial score (nSPS) is 11.8. The minimum atomic E-state index is -0.185. The topological polar surface area (TPSA) is 56.4 Å². The molecule has 0 spiro atoms. The van der Waals surface area contributed by atoms with E-state index in [2.05, 4.69) is 77.6 Å². The highest BCUT2D eigenvalue weighted by molar-refractivity contribution is 5.87. The Hall–Kier alpha value is -5.03. The number of hydrogen-bond donors (Lipinski definition) is 1. The van der Waals surface area contributed by atoms with E-state index < -0.39 is 0 Å². The van der Waals surface area contributed by atoms with E-state index in [1.807, 2.05) is 60.7 Å². The van der Waals surface area contributed by atoms with Gasteiger partial charge >= 0.3 is 0 Å². The summed E-state index contributed by atoms with van der Waals surface area (Å²) in [6, 6.07) is 38.6. The Kier molecular flexibility index (Phi) is 7.68. The third-order valence-electron chi connectivity index (χ3n) is 7.34. The summed E-state index contributed by atoms with van der Waals surface area (Å²) >= 11 is 0. The third kappa shape index (κ3) is 6.25. The summed E-state index contributed by atoms with van der Waals surface area (Å²) in [6.45, 7) is 3.20. The third-order valence-corrected chi connectivity index (χ3v) is 7.34. The zero-order valence-corrected chi connectivity index (χ0v) is 23.0. The fourth-order valence-electron chi connectivity index (χ4n) is 5.26. The lowest BCUT2D eigenvalue weighted by atomic mass is 9.88. The van der Waals surface area contributed by atoms with Gasteiger partial charge in [0.2, 0.25) is 5.91 Å². The van der Waals surface area contributed by atoms with Crippen molar-refractivity contribution in [1.82, 2.24) is 9.88 Å². The summed E-state index contributed by atoms with van der Waals surface area (Å²) in [6.07, 6.45) is 4.11. The van der Waals surface area contributed by atoms with Crippen molar-refractivity contribution in [2.45, 2.75) is 32.4 Å². The monoisotopic (exact) mass is 540 g/mol. The average molecular weight is 541 g/mol. The number of fused-ring (bicyclic) bond motifs is 1. The van der Waals surface area contributed by atoms with E-state index >= 15 is 0 Å². The van der Waals surface area contributed by atoms with Crippen LogP contribution >= 0.6 is 0 Å². The number of aryl methyl sites for hydroxylation is 1. The lowest BCUT2D eigenvalue weighted by molar-refractivity contribution is -0.121. The number of carbonyl (C=O) groups excluding carboxylic acids is 1. The molecule has 5 heteroatoms. The van der Waals surface area contributed by atoms with Gasteiger partial charge in [0, 0.05) is 36.0 Å². The van der Waals surface area contributed by atoms with Gasteiger partial charge in [0.15, 0.2) is 0 Å². The van der Waals surface area contributed by atoms with Crippen molar-refractivity contribution < 1.29 is 13.9 Å². The maximum atomic E-state index is 13.3. The van der Waals surface area contributed by atoms with Crippen molar-refractivity contribution in [2.75, 3.05) is 0 Å². The summed E-state index contributed by atoms with van der Waals surface area (Å²) in [4.78, 5) is 13.3. The average Bonchev–Trinajstić information content (AvgIpc) is 3.65. The molecule has 6 aromatic rings. The van der Waals surface area contributed by atoms with Crippen LogP contribution in [0.3, 0.4) is 0 Å². The first-order chi connectivity index (χ1) is 20.1.